The molecule has 0 fully saturated rings. The maximum absolute atomic E-state index is 2.29. The zero-order valence-electron chi connectivity index (χ0n) is 9.98. The Morgan fingerprint density at radius 2 is 1.81 bits per heavy atom. The fraction of sp³-hybridized carbons (Fsp3) is 0.250. The van der Waals surface area contributed by atoms with Crippen LogP contribution in [0.2, 0.25) is 0 Å². The molecule has 0 nitrogen and oxygen atoms in total. The van der Waals surface area contributed by atoms with Crippen molar-refractivity contribution in [1.29, 1.82) is 0 Å². The average Bonchev–Trinajstić information content (AvgIpc) is 2.35. The van der Waals surface area contributed by atoms with Crippen LogP contribution in [0.3, 0.4) is 0 Å². The summed E-state index contributed by atoms with van der Waals surface area (Å²) >= 11 is 0. The first-order valence-electron chi connectivity index (χ1n) is 5.97. The van der Waals surface area contributed by atoms with Crippen LogP contribution in [-0.2, 0) is 0 Å². The van der Waals surface area contributed by atoms with Gasteiger partial charge in [-0.2, -0.15) is 0 Å². The van der Waals surface area contributed by atoms with E-state index in [9.17, 15) is 0 Å². The summed E-state index contributed by atoms with van der Waals surface area (Å²) in [6, 6.07) is 15.2. The van der Waals surface area contributed by atoms with Crippen LogP contribution in [0.15, 0.2) is 54.6 Å². The van der Waals surface area contributed by atoms with Gasteiger partial charge in [0.05, 0.1) is 0 Å². The van der Waals surface area contributed by atoms with E-state index in [1.807, 2.05) is 0 Å². The van der Waals surface area contributed by atoms with Gasteiger partial charge in [-0.1, -0.05) is 61.5 Å². The van der Waals surface area contributed by atoms with Crippen LogP contribution < -0.4 is 0 Å². The van der Waals surface area contributed by atoms with Crippen LogP contribution in [0.5, 0.6) is 0 Å². The molecule has 0 amide bonds. The Bertz CT molecular complexity index is 489. The number of benzene rings is 2. The molecule has 1 atom stereocenters. The second kappa shape index (κ2) is 4.98. The van der Waals surface area contributed by atoms with E-state index in [0.29, 0.717) is 5.92 Å². The zero-order chi connectivity index (χ0) is 11.4. The smallest absolute Gasteiger partial charge is 0.00213 e. The van der Waals surface area contributed by atoms with E-state index in [2.05, 4.69) is 68.5 Å². The third-order valence-electron chi connectivity index (χ3n) is 3.09. The van der Waals surface area contributed by atoms with Crippen molar-refractivity contribution in [3.63, 3.8) is 0 Å². The molecular formula is C16H18. The normalized spacial score (nSPS) is 13.4. The van der Waals surface area contributed by atoms with Gasteiger partial charge in [0.1, 0.15) is 0 Å². The van der Waals surface area contributed by atoms with Gasteiger partial charge < -0.3 is 0 Å². The van der Waals surface area contributed by atoms with E-state index in [4.69, 9.17) is 0 Å². The molecule has 0 radical (unpaired) electrons. The Morgan fingerprint density at radius 3 is 2.56 bits per heavy atom. The maximum Gasteiger partial charge on any atom is 0.00213 e. The monoisotopic (exact) mass is 210 g/mol. The summed E-state index contributed by atoms with van der Waals surface area (Å²) in [6.45, 7) is 4.33. The van der Waals surface area contributed by atoms with Crippen molar-refractivity contribution in [1.82, 2.24) is 0 Å². The fourth-order valence-electron chi connectivity index (χ4n) is 2.27. The van der Waals surface area contributed by atoms with Gasteiger partial charge in [-0.25, -0.2) is 0 Å². The molecule has 16 heavy (non-hydrogen) atoms. The molecule has 0 aliphatic carbocycles. The summed E-state index contributed by atoms with van der Waals surface area (Å²) in [7, 11) is 0. The molecule has 2 aromatic carbocycles. The van der Waals surface area contributed by atoms with Crippen LogP contribution in [0.1, 0.15) is 31.7 Å². The van der Waals surface area contributed by atoms with E-state index in [1.165, 1.54) is 16.3 Å². The molecule has 0 saturated carbocycles. The first-order valence-corrected chi connectivity index (χ1v) is 5.97. The third kappa shape index (κ3) is 2.01. The first-order chi connectivity index (χ1) is 7.86. The number of hydrogen-bond donors (Lipinski definition) is 0. The number of rotatable bonds is 3. The standard InChI is InChI=1S/C16H18/c1-3-8-13(4-2)15-12-7-10-14-9-5-6-11-16(14)15/h3,5-13H,4H2,1-2H3/b8-3+. The van der Waals surface area contributed by atoms with Crippen LogP contribution in [0.25, 0.3) is 10.8 Å². The van der Waals surface area contributed by atoms with Crippen LogP contribution >= 0.6 is 0 Å². The molecule has 0 aromatic heterocycles. The molecule has 1 unspecified atom stereocenters. The summed E-state index contributed by atoms with van der Waals surface area (Å²) in [5.74, 6) is 0.538. The molecule has 82 valence electrons. The number of allylic oxidation sites excluding steroid dienone is 2. The molecule has 0 heterocycles. The van der Waals surface area contributed by atoms with E-state index < -0.39 is 0 Å². The Labute approximate surface area is 97.6 Å². The van der Waals surface area contributed by atoms with Crippen molar-refractivity contribution in [3.05, 3.63) is 60.2 Å². The van der Waals surface area contributed by atoms with E-state index in [0.717, 1.165) is 6.42 Å². The summed E-state index contributed by atoms with van der Waals surface area (Å²) in [5, 5.41) is 2.72. The summed E-state index contributed by atoms with van der Waals surface area (Å²) < 4.78 is 0. The molecule has 0 aliphatic heterocycles. The SMILES string of the molecule is C/C=C/C(CC)c1cccc2ccccc12. The minimum absolute atomic E-state index is 0.538. The highest BCUT2D eigenvalue weighted by Crippen LogP contribution is 2.28. The summed E-state index contributed by atoms with van der Waals surface area (Å²) in [4.78, 5) is 0. The molecule has 0 aliphatic rings. The number of hydrogen-bond acceptors (Lipinski definition) is 0. The van der Waals surface area contributed by atoms with Crippen molar-refractivity contribution in [2.24, 2.45) is 0 Å². The lowest BCUT2D eigenvalue weighted by atomic mass is 9.91. The lowest BCUT2D eigenvalue weighted by molar-refractivity contribution is 0.811. The molecule has 0 heteroatoms. The maximum atomic E-state index is 2.29. The fourth-order valence-corrected chi connectivity index (χ4v) is 2.27. The highest BCUT2D eigenvalue weighted by atomic mass is 14.1. The second-order valence-electron chi connectivity index (χ2n) is 4.11. The molecule has 0 saturated heterocycles. The molecule has 2 rings (SSSR count). The van der Waals surface area contributed by atoms with Gasteiger partial charge in [0.25, 0.3) is 0 Å². The molecule has 0 bridgehead atoms. The Hall–Kier alpha value is -1.56. The quantitative estimate of drug-likeness (QED) is 0.631. The number of fused-ring (bicyclic) bond motifs is 1. The van der Waals surface area contributed by atoms with E-state index in [-0.39, 0.29) is 0 Å². The lowest BCUT2D eigenvalue weighted by Crippen LogP contribution is -1.94. The van der Waals surface area contributed by atoms with Crippen LogP contribution in [0.4, 0.5) is 0 Å². The van der Waals surface area contributed by atoms with Crippen molar-refractivity contribution in [2.45, 2.75) is 26.2 Å². The topological polar surface area (TPSA) is 0 Å². The third-order valence-corrected chi connectivity index (χ3v) is 3.09. The first kappa shape index (κ1) is 10.9. The summed E-state index contributed by atoms with van der Waals surface area (Å²) in [6.07, 6.45) is 5.59. The molecule has 2 aromatic rings. The Balaban J connectivity index is 2.58. The zero-order valence-corrected chi connectivity index (χ0v) is 9.98. The predicted molar refractivity (Wildman–Crippen MR) is 71.8 cm³/mol. The summed E-state index contributed by atoms with van der Waals surface area (Å²) in [5.41, 5.74) is 1.44. The van der Waals surface area contributed by atoms with E-state index >= 15 is 0 Å². The highest BCUT2D eigenvalue weighted by Gasteiger charge is 2.08. The lowest BCUT2D eigenvalue weighted by Gasteiger charge is -2.13. The van der Waals surface area contributed by atoms with Gasteiger partial charge in [-0.05, 0) is 29.7 Å². The van der Waals surface area contributed by atoms with Gasteiger partial charge in [0, 0.05) is 5.92 Å². The minimum Gasteiger partial charge on any atom is -0.0910 e. The van der Waals surface area contributed by atoms with E-state index in [1.54, 1.807) is 0 Å². The second-order valence-corrected chi connectivity index (χ2v) is 4.11. The van der Waals surface area contributed by atoms with Gasteiger partial charge in [-0.15, -0.1) is 0 Å². The van der Waals surface area contributed by atoms with Gasteiger partial charge >= 0.3 is 0 Å². The van der Waals surface area contributed by atoms with Gasteiger partial charge in [0.15, 0.2) is 0 Å². The van der Waals surface area contributed by atoms with Gasteiger partial charge in [0.2, 0.25) is 0 Å². The van der Waals surface area contributed by atoms with Crippen molar-refractivity contribution in [2.75, 3.05) is 0 Å². The largest absolute Gasteiger partial charge is 0.0910 e. The predicted octanol–water partition coefficient (Wildman–Crippen LogP) is 4.91. The Kier molecular flexibility index (Phi) is 3.40. The highest BCUT2D eigenvalue weighted by molar-refractivity contribution is 5.86. The van der Waals surface area contributed by atoms with Crippen molar-refractivity contribution < 1.29 is 0 Å². The van der Waals surface area contributed by atoms with Gasteiger partial charge in [-0.3, -0.25) is 0 Å². The molecule has 0 spiro atoms. The minimum atomic E-state index is 0.538. The molecule has 0 N–H and O–H groups in total. The van der Waals surface area contributed by atoms with Crippen LogP contribution in [-0.4, -0.2) is 0 Å². The van der Waals surface area contributed by atoms with Crippen molar-refractivity contribution in [3.8, 4) is 0 Å². The van der Waals surface area contributed by atoms with Crippen LogP contribution in [0, 0.1) is 0 Å². The molecular weight excluding hydrogens is 192 g/mol. The average molecular weight is 210 g/mol. The Morgan fingerprint density at radius 1 is 1.06 bits per heavy atom. The van der Waals surface area contributed by atoms with Crippen molar-refractivity contribution >= 4 is 10.8 Å².